The molecule has 0 saturated carbocycles. The van der Waals surface area contributed by atoms with Gasteiger partial charge in [0, 0.05) is 11.3 Å². The molecule has 0 spiro atoms. The third-order valence-electron chi connectivity index (χ3n) is 2.62. The van der Waals surface area contributed by atoms with Crippen LogP contribution in [0.5, 0.6) is 0 Å². The number of halogens is 1. The zero-order valence-electron chi connectivity index (χ0n) is 9.12. The van der Waals surface area contributed by atoms with Crippen LogP contribution in [0.3, 0.4) is 0 Å². The average Bonchev–Trinajstić information content (AvgIpc) is 2.28. The van der Waals surface area contributed by atoms with Crippen molar-refractivity contribution in [2.45, 2.75) is 32.6 Å². The Bertz CT molecular complexity index is 421. The number of aromatic nitrogens is 2. The van der Waals surface area contributed by atoms with Crippen LogP contribution >= 0.6 is 11.6 Å². The molecule has 1 heterocycles. The van der Waals surface area contributed by atoms with E-state index >= 15 is 0 Å². The fourth-order valence-electron chi connectivity index (χ4n) is 1.93. The van der Waals surface area contributed by atoms with E-state index in [0.717, 1.165) is 36.9 Å². The molecule has 0 aromatic carbocycles. The Hall–Kier alpha value is -1.16. The maximum absolute atomic E-state index is 11.7. The topological polar surface area (TPSA) is 52.1 Å². The van der Waals surface area contributed by atoms with E-state index in [1.54, 1.807) is 6.92 Å². The molecule has 86 valence electrons. The van der Waals surface area contributed by atoms with Crippen LogP contribution in [0.2, 0.25) is 5.28 Å². The molecule has 0 aliphatic heterocycles. The lowest BCUT2D eigenvalue weighted by Gasteiger charge is -2.16. The Morgan fingerprint density at radius 3 is 2.88 bits per heavy atom. The van der Waals surface area contributed by atoms with E-state index in [2.05, 4.69) is 9.97 Å². The normalized spacial score (nSPS) is 14.4. The summed E-state index contributed by atoms with van der Waals surface area (Å²) in [5.74, 6) is -0.398. The minimum absolute atomic E-state index is 0.128. The van der Waals surface area contributed by atoms with Gasteiger partial charge in [-0.1, -0.05) is 0 Å². The lowest BCUT2D eigenvalue weighted by Crippen LogP contribution is -2.17. The summed E-state index contributed by atoms with van der Waals surface area (Å²) in [6.07, 6.45) is 3.84. The highest BCUT2D eigenvalue weighted by molar-refractivity contribution is 6.28. The second-order valence-electron chi connectivity index (χ2n) is 3.69. The molecule has 0 amide bonds. The summed E-state index contributed by atoms with van der Waals surface area (Å²) >= 11 is 5.80. The predicted molar refractivity (Wildman–Crippen MR) is 59.6 cm³/mol. The molecule has 0 unspecified atom stereocenters. The minimum atomic E-state index is -0.398. The molecule has 1 aliphatic carbocycles. The highest BCUT2D eigenvalue weighted by Gasteiger charge is 2.22. The van der Waals surface area contributed by atoms with Gasteiger partial charge in [0.1, 0.15) is 0 Å². The summed E-state index contributed by atoms with van der Waals surface area (Å²) < 4.78 is 4.96. The molecule has 0 atom stereocenters. The molecule has 0 saturated heterocycles. The van der Waals surface area contributed by atoms with Crippen molar-refractivity contribution in [2.75, 3.05) is 6.61 Å². The number of hydrogen-bond acceptors (Lipinski definition) is 4. The SMILES string of the molecule is CCOC(=O)c1nc(Cl)nc2c1CCCC2. The van der Waals surface area contributed by atoms with Gasteiger partial charge in [0.2, 0.25) is 5.28 Å². The first-order valence-corrected chi connectivity index (χ1v) is 5.82. The summed E-state index contributed by atoms with van der Waals surface area (Å²) in [4.78, 5) is 19.8. The first kappa shape index (κ1) is 11.3. The minimum Gasteiger partial charge on any atom is -0.461 e. The number of esters is 1. The number of nitrogens with zero attached hydrogens (tertiary/aromatic N) is 2. The van der Waals surface area contributed by atoms with Crippen molar-refractivity contribution in [3.63, 3.8) is 0 Å². The Morgan fingerprint density at radius 1 is 1.38 bits per heavy atom. The Balaban J connectivity index is 2.43. The molecular formula is C11H13ClN2O2. The van der Waals surface area contributed by atoms with Crippen molar-refractivity contribution in [1.29, 1.82) is 0 Å². The van der Waals surface area contributed by atoms with E-state index in [1.807, 2.05) is 0 Å². The predicted octanol–water partition coefficient (Wildman–Crippen LogP) is 2.19. The fourth-order valence-corrected chi connectivity index (χ4v) is 2.12. The molecule has 1 aromatic heterocycles. The highest BCUT2D eigenvalue weighted by atomic mass is 35.5. The molecule has 16 heavy (non-hydrogen) atoms. The molecule has 0 radical (unpaired) electrons. The number of hydrogen-bond donors (Lipinski definition) is 0. The molecule has 0 fully saturated rings. The molecule has 1 aliphatic rings. The van der Waals surface area contributed by atoms with E-state index in [9.17, 15) is 4.79 Å². The molecule has 0 bridgehead atoms. The van der Waals surface area contributed by atoms with Crippen molar-refractivity contribution in [2.24, 2.45) is 0 Å². The van der Waals surface area contributed by atoms with Gasteiger partial charge in [0.25, 0.3) is 0 Å². The fraction of sp³-hybridized carbons (Fsp3) is 0.545. The quantitative estimate of drug-likeness (QED) is 0.587. The van der Waals surface area contributed by atoms with Gasteiger partial charge in [0.05, 0.1) is 6.61 Å². The van der Waals surface area contributed by atoms with E-state index < -0.39 is 5.97 Å². The molecule has 0 N–H and O–H groups in total. The zero-order chi connectivity index (χ0) is 11.5. The van der Waals surface area contributed by atoms with Crippen molar-refractivity contribution in [3.8, 4) is 0 Å². The smallest absolute Gasteiger partial charge is 0.357 e. The molecule has 4 nitrogen and oxygen atoms in total. The average molecular weight is 241 g/mol. The van der Waals surface area contributed by atoms with Gasteiger partial charge >= 0.3 is 5.97 Å². The largest absolute Gasteiger partial charge is 0.461 e. The van der Waals surface area contributed by atoms with Gasteiger partial charge in [-0.3, -0.25) is 0 Å². The van der Waals surface area contributed by atoms with Crippen molar-refractivity contribution in [1.82, 2.24) is 9.97 Å². The van der Waals surface area contributed by atoms with Gasteiger partial charge in [-0.2, -0.15) is 0 Å². The Kier molecular flexibility index (Phi) is 3.39. The number of carbonyl (C=O) groups is 1. The Morgan fingerprint density at radius 2 is 2.12 bits per heavy atom. The summed E-state index contributed by atoms with van der Waals surface area (Å²) in [5.41, 5.74) is 2.15. The van der Waals surface area contributed by atoms with Crippen LogP contribution in [-0.2, 0) is 17.6 Å². The number of fused-ring (bicyclic) bond motifs is 1. The number of ether oxygens (including phenoxy) is 1. The van der Waals surface area contributed by atoms with Gasteiger partial charge in [0.15, 0.2) is 5.69 Å². The van der Waals surface area contributed by atoms with Gasteiger partial charge in [-0.15, -0.1) is 0 Å². The molecule has 1 aromatic rings. The van der Waals surface area contributed by atoms with E-state index in [0.29, 0.717) is 12.3 Å². The number of aryl methyl sites for hydroxylation is 1. The van der Waals surface area contributed by atoms with Gasteiger partial charge in [-0.05, 0) is 44.2 Å². The first-order chi connectivity index (χ1) is 7.72. The van der Waals surface area contributed by atoms with Crippen molar-refractivity contribution >= 4 is 17.6 Å². The maximum atomic E-state index is 11.7. The van der Waals surface area contributed by atoms with Crippen LogP contribution in [0.15, 0.2) is 0 Å². The Labute approximate surface area is 99.0 Å². The maximum Gasteiger partial charge on any atom is 0.357 e. The van der Waals surface area contributed by atoms with E-state index in [-0.39, 0.29) is 5.28 Å². The molecular weight excluding hydrogens is 228 g/mol. The highest BCUT2D eigenvalue weighted by Crippen LogP contribution is 2.23. The standard InChI is InChI=1S/C11H13ClN2O2/c1-2-16-10(15)9-7-5-3-4-6-8(7)13-11(12)14-9/h2-6H2,1H3. The third kappa shape index (κ3) is 2.16. The number of carbonyl (C=O) groups excluding carboxylic acids is 1. The summed E-state index contributed by atoms with van der Waals surface area (Å²) in [7, 11) is 0. The zero-order valence-corrected chi connectivity index (χ0v) is 9.88. The van der Waals surface area contributed by atoms with Crippen molar-refractivity contribution in [3.05, 3.63) is 22.2 Å². The van der Waals surface area contributed by atoms with E-state index in [1.165, 1.54) is 0 Å². The van der Waals surface area contributed by atoms with Crippen LogP contribution in [0.1, 0.15) is 41.5 Å². The van der Waals surface area contributed by atoms with Crippen LogP contribution in [-0.4, -0.2) is 22.5 Å². The van der Waals surface area contributed by atoms with Crippen LogP contribution in [0.25, 0.3) is 0 Å². The van der Waals surface area contributed by atoms with Crippen molar-refractivity contribution < 1.29 is 9.53 Å². The van der Waals surface area contributed by atoms with Crippen LogP contribution in [0, 0.1) is 0 Å². The number of rotatable bonds is 2. The monoisotopic (exact) mass is 240 g/mol. The molecule has 5 heteroatoms. The third-order valence-corrected chi connectivity index (χ3v) is 2.79. The second kappa shape index (κ2) is 4.78. The van der Waals surface area contributed by atoms with Gasteiger partial charge in [-0.25, -0.2) is 14.8 Å². The lowest BCUT2D eigenvalue weighted by molar-refractivity contribution is 0.0517. The van der Waals surface area contributed by atoms with Gasteiger partial charge < -0.3 is 4.74 Å². The lowest BCUT2D eigenvalue weighted by atomic mass is 9.95. The first-order valence-electron chi connectivity index (χ1n) is 5.44. The summed E-state index contributed by atoms with van der Waals surface area (Å²) in [6.45, 7) is 2.11. The summed E-state index contributed by atoms with van der Waals surface area (Å²) in [5, 5.41) is 0.128. The second-order valence-corrected chi connectivity index (χ2v) is 4.03. The molecule has 2 rings (SSSR count). The van der Waals surface area contributed by atoms with Crippen LogP contribution < -0.4 is 0 Å². The van der Waals surface area contributed by atoms with Crippen LogP contribution in [0.4, 0.5) is 0 Å². The van der Waals surface area contributed by atoms with E-state index in [4.69, 9.17) is 16.3 Å². The summed E-state index contributed by atoms with van der Waals surface area (Å²) in [6, 6.07) is 0.